The Balaban J connectivity index is 1.01. The van der Waals surface area contributed by atoms with Crippen molar-refractivity contribution in [2.45, 2.75) is 0 Å². The number of hydrogen-bond acceptors (Lipinski definition) is 2. The first-order valence-corrected chi connectivity index (χ1v) is 17.8. The molecule has 10 aromatic carbocycles. The van der Waals surface area contributed by atoms with E-state index in [0.717, 1.165) is 60.6 Å². The van der Waals surface area contributed by atoms with Crippen LogP contribution in [0.1, 0.15) is 0 Å². The number of para-hydroxylation sites is 4. The first-order chi connectivity index (χ1) is 25.8. The molecule has 0 atom stereocenters. The normalized spacial score (nSPS) is 12.2. The van der Waals surface area contributed by atoms with Crippen LogP contribution in [0.25, 0.3) is 120 Å². The molecule has 0 bridgehead atoms. The quantitative estimate of drug-likeness (QED) is 0.176. The monoisotopic (exact) mass is 660 g/mol. The number of benzene rings is 10. The van der Waals surface area contributed by atoms with Crippen LogP contribution in [0.15, 0.2) is 179 Å². The molecule has 0 amide bonds. The van der Waals surface area contributed by atoms with Crippen LogP contribution in [-0.4, -0.2) is 0 Å². The molecule has 12 rings (SSSR count). The molecular formula is C50H28O2. The molecule has 0 unspecified atom stereocenters. The highest BCUT2D eigenvalue weighted by atomic mass is 16.3. The summed E-state index contributed by atoms with van der Waals surface area (Å²) in [6, 6.07) is 61.4. The molecule has 0 aliphatic heterocycles. The van der Waals surface area contributed by atoms with Crippen molar-refractivity contribution in [3.8, 4) is 33.4 Å². The number of furan rings is 2. The van der Waals surface area contributed by atoms with E-state index in [1.54, 1.807) is 0 Å². The van der Waals surface area contributed by atoms with Crippen LogP contribution >= 0.6 is 0 Å². The van der Waals surface area contributed by atoms with Crippen molar-refractivity contribution >= 4 is 87.0 Å². The van der Waals surface area contributed by atoms with Gasteiger partial charge >= 0.3 is 0 Å². The van der Waals surface area contributed by atoms with E-state index < -0.39 is 0 Å². The van der Waals surface area contributed by atoms with Gasteiger partial charge in [-0.2, -0.15) is 0 Å². The minimum Gasteiger partial charge on any atom is -0.455 e. The smallest absolute Gasteiger partial charge is 0.143 e. The molecular weight excluding hydrogens is 633 g/mol. The maximum atomic E-state index is 6.50. The molecule has 2 aromatic heterocycles. The highest BCUT2D eigenvalue weighted by Crippen LogP contribution is 2.45. The fourth-order valence-corrected chi connectivity index (χ4v) is 8.80. The predicted octanol–water partition coefficient (Wildman–Crippen LogP) is 14.5. The fourth-order valence-electron chi connectivity index (χ4n) is 8.80. The molecule has 2 heteroatoms. The first kappa shape index (κ1) is 27.9. The summed E-state index contributed by atoms with van der Waals surface area (Å²) >= 11 is 0. The van der Waals surface area contributed by atoms with Gasteiger partial charge in [0.25, 0.3) is 0 Å². The lowest BCUT2D eigenvalue weighted by molar-refractivity contribution is 0.669. The molecule has 2 nitrogen and oxygen atoms in total. The number of rotatable bonds is 3. The minimum absolute atomic E-state index is 0.919. The maximum absolute atomic E-state index is 6.50. The third-order valence-electron chi connectivity index (χ3n) is 11.2. The molecule has 0 N–H and O–H groups in total. The number of hydrogen-bond donors (Lipinski definition) is 0. The molecule has 0 fully saturated rings. The van der Waals surface area contributed by atoms with Crippen LogP contribution in [0.4, 0.5) is 0 Å². The zero-order valence-corrected chi connectivity index (χ0v) is 28.0. The van der Waals surface area contributed by atoms with Gasteiger partial charge in [0.1, 0.15) is 22.3 Å². The lowest BCUT2D eigenvalue weighted by atomic mass is 9.86. The largest absolute Gasteiger partial charge is 0.455 e. The molecule has 2 heterocycles. The second kappa shape index (κ2) is 10.3. The zero-order valence-electron chi connectivity index (χ0n) is 28.0. The molecule has 240 valence electrons. The Kier molecular flexibility index (Phi) is 5.53. The third kappa shape index (κ3) is 3.84. The summed E-state index contributed by atoms with van der Waals surface area (Å²) in [5.74, 6) is 0. The van der Waals surface area contributed by atoms with Crippen molar-refractivity contribution in [2.24, 2.45) is 0 Å². The van der Waals surface area contributed by atoms with Crippen LogP contribution in [-0.2, 0) is 0 Å². The SMILES string of the molecule is c1ccc2c(c1)oc1c(-c3ccc4cc(-c5ccc6ccc7c(-c8cccc9c8oc8ccccc89)ccc8ccc5c6c87)ccc4c3)cccc12. The summed E-state index contributed by atoms with van der Waals surface area (Å²) in [6.07, 6.45) is 0. The van der Waals surface area contributed by atoms with Crippen LogP contribution < -0.4 is 0 Å². The predicted molar refractivity (Wildman–Crippen MR) is 219 cm³/mol. The van der Waals surface area contributed by atoms with E-state index in [9.17, 15) is 0 Å². The van der Waals surface area contributed by atoms with Gasteiger partial charge in [-0.25, -0.2) is 0 Å². The van der Waals surface area contributed by atoms with Gasteiger partial charge in [-0.05, 0) is 89.6 Å². The van der Waals surface area contributed by atoms with Gasteiger partial charge in [0, 0.05) is 32.7 Å². The summed E-state index contributed by atoms with van der Waals surface area (Å²) in [4.78, 5) is 0. The Morgan fingerprint density at radius 1 is 0.269 bits per heavy atom. The Bertz CT molecular complexity index is 3410. The topological polar surface area (TPSA) is 26.3 Å². The molecule has 0 spiro atoms. The minimum atomic E-state index is 0.919. The van der Waals surface area contributed by atoms with Crippen LogP contribution in [0.2, 0.25) is 0 Å². The van der Waals surface area contributed by atoms with Crippen molar-refractivity contribution < 1.29 is 8.83 Å². The highest BCUT2D eigenvalue weighted by Gasteiger charge is 2.18. The van der Waals surface area contributed by atoms with Crippen LogP contribution in [0, 0.1) is 0 Å². The third-order valence-corrected chi connectivity index (χ3v) is 11.2. The van der Waals surface area contributed by atoms with Gasteiger partial charge in [0.2, 0.25) is 0 Å². The highest BCUT2D eigenvalue weighted by molar-refractivity contribution is 6.28. The molecule has 0 aliphatic rings. The Labute approximate surface area is 298 Å². The zero-order chi connectivity index (χ0) is 33.9. The summed E-state index contributed by atoms with van der Waals surface area (Å²) in [7, 11) is 0. The van der Waals surface area contributed by atoms with Gasteiger partial charge in [0.15, 0.2) is 0 Å². The van der Waals surface area contributed by atoms with Crippen LogP contribution in [0.5, 0.6) is 0 Å². The van der Waals surface area contributed by atoms with Gasteiger partial charge in [0.05, 0.1) is 0 Å². The second-order valence-corrected chi connectivity index (χ2v) is 14.0. The van der Waals surface area contributed by atoms with E-state index >= 15 is 0 Å². The first-order valence-electron chi connectivity index (χ1n) is 17.8. The standard InChI is InChI=1S/C50H28O2/c1-3-13-45-38(7-1)43-11-5-9-36(49(43)51-45)34-18-16-31-27-33(17-15-32(31)28-34)35-23-19-29-22-26-41-37(24-20-30-21-25-40(35)47(29)48(30)41)42-10-6-12-44-39-8-2-4-14-46(39)52-50(42)44/h1-28H. The lowest BCUT2D eigenvalue weighted by Gasteiger charge is -2.17. The van der Waals surface area contributed by atoms with E-state index in [1.165, 1.54) is 59.8 Å². The molecule has 12 aromatic rings. The Hall–Kier alpha value is -6.90. The molecule has 52 heavy (non-hydrogen) atoms. The van der Waals surface area contributed by atoms with Crippen molar-refractivity contribution in [3.05, 3.63) is 170 Å². The molecule has 0 radical (unpaired) electrons. The average molecular weight is 661 g/mol. The van der Waals surface area contributed by atoms with Crippen LogP contribution in [0.3, 0.4) is 0 Å². The molecule has 0 saturated carbocycles. The van der Waals surface area contributed by atoms with E-state index in [1.807, 2.05) is 18.2 Å². The summed E-state index contributed by atoms with van der Waals surface area (Å²) in [6.45, 7) is 0. The van der Waals surface area contributed by atoms with Gasteiger partial charge in [-0.15, -0.1) is 0 Å². The number of fused-ring (bicyclic) bond motifs is 7. The van der Waals surface area contributed by atoms with E-state index in [2.05, 4.69) is 152 Å². The summed E-state index contributed by atoms with van der Waals surface area (Å²) < 4.78 is 12.9. The maximum Gasteiger partial charge on any atom is 0.143 e. The van der Waals surface area contributed by atoms with E-state index in [4.69, 9.17) is 8.83 Å². The summed E-state index contributed by atoms with van der Waals surface area (Å²) in [5, 5.41) is 14.6. The van der Waals surface area contributed by atoms with E-state index in [-0.39, 0.29) is 0 Å². The van der Waals surface area contributed by atoms with E-state index in [0.29, 0.717) is 0 Å². The summed E-state index contributed by atoms with van der Waals surface area (Å²) in [5.41, 5.74) is 10.7. The van der Waals surface area contributed by atoms with Crippen molar-refractivity contribution in [1.82, 2.24) is 0 Å². The fraction of sp³-hybridized carbons (Fsp3) is 0. The average Bonchev–Trinajstić information content (AvgIpc) is 3.78. The van der Waals surface area contributed by atoms with Gasteiger partial charge in [-0.3, -0.25) is 0 Å². The van der Waals surface area contributed by atoms with Gasteiger partial charge in [-0.1, -0.05) is 146 Å². The lowest BCUT2D eigenvalue weighted by Crippen LogP contribution is -1.90. The molecule has 0 saturated heterocycles. The van der Waals surface area contributed by atoms with Crippen molar-refractivity contribution in [2.75, 3.05) is 0 Å². The van der Waals surface area contributed by atoms with Crippen molar-refractivity contribution in [1.29, 1.82) is 0 Å². The molecule has 0 aliphatic carbocycles. The second-order valence-electron chi connectivity index (χ2n) is 14.0. The van der Waals surface area contributed by atoms with Gasteiger partial charge < -0.3 is 8.83 Å². The Morgan fingerprint density at radius 3 is 1.37 bits per heavy atom. The Morgan fingerprint density at radius 2 is 0.731 bits per heavy atom. The van der Waals surface area contributed by atoms with Crippen molar-refractivity contribution in [3.63, 3.8) is 0 Å².